The Labute approximate surface area is 76.6 Å². The lowest BCUT2D eigenvalue weighted by Gasteiger charge is -2.33. The number of hydrogen-bond acceptors (Lipinski definition) is 1. The molecule has 0 saturated carbocycles. The molecule has 1 fully saturated rings. The molecule has 0 aromatic rings. The van der Waals surface area contributed by atoms with E-state index >= 15 is 0 Å². The largest absolute Gasteiger partial charge is 0.370 e. The van der Waals surface area contributed by atoms with Crippen molar-refractivity contribution in [2.75, 3.05) is 19.6 Å². The zero-order valence-electron chi connectivity index (χ0n) is 7.76. The maximum Gasteiger partial charge on any atom is 0.265 e. The van der Waals surface area contributed by atoms with Crippen molar-refractivity contribution < 1.29 is 8.78 Å². The summed E-state index contributed by atoms with van der Waals surface area (Å²) in [6, 6.07) is 0. The molecule has 1 aliphatic rings. The van der Waals surface area contributed by atoms with Crippen LogP contribution in [0.15, 0.2) is 4.99 Å². The summed E-state index contributed by atoms with van der Waals surface area (Å²) >= 11 is 0. The van der Waals surface area contributed by atoms with E-state index in [-0.39, 0.29) is 18.9 Å². The molecule has 0 amide bonds. The number of hydrogen-bond donors (Lipinski definition) is 1. The molecule has 0 unspecified atom stereocenters. The highest BCUT2D eigenvalue weighted by atomic mass is 19.3. The molecule has 0 aromatic carbocycles. The standard InChI is InChI=1S/C8H15F2N3/c1-2-12-7(11)13-5-3-4-8(9,10)6-13/h2-6H2,1H3,(H2,11,12). The first-order valence-electron chi connectivity index (χ1n) is 4.48. The summed E-state index contributed by atoms with van der Waals surface area (Å²) in [6.45, 7) is 2.66. The van der Waals surface area contributed by atoms with Gasteiger partial charge in [0.05, 0.1) is 6.54 Å². The maximum absolute atomic E-state index is 12.9. The van der Waals surface area contributed by atoms with Crippen LogP contribution in [-0.2, 0) is 0 Å². The van der Waals surface area contributed by atoms with Gasteiger partial charge in [0.15, 0.2) is 5.96 Å². The van der Waals surface area contributed by atoms with Crippen LogP contribution in [0.1, 0.15) is 19.8 Å². The lowest BCUT2D eigenvalue weighted by atomic mass is 10.1. The predicted molar refractivity (Wildman–Crippen MR) is 47.9 cm³/mol. The smallest absolute Gasteiger partial charge is 0.265 e. The van der Waals surface area contributed by atoms with Crippen LogP contribution in [0, 0.1) is 0 Å². The summed E-state index contributed by atoms with van der Waals surface area (Å²) < 4.78 is 25.8. The van der Waals surface area contributed by atoms with E-state index in [2.05, 4.69) is 4.99 Å². The number of alkyl halides is 2. The van der Waals surface area contributed by atoms with Gasteiger partial charge < -0.3 is 10.6 Å². The van der Waals surface area contributed by atoms with Crippen molar-refractivity contribution in [2.24, 2.45) is 10.7 Å². The van der Waals surface area contributed by atoms with Crippen molar-refractivity contribution in [3.8, 4) is 0 Å². The van der Waals surface area contributed by atoms with E-state index in [1.165, 1.54) is 4.90 Å². The van der Waals surface area contributed by atoms with Crippen molar-refractivity contribution in [1.29, 1.82) is 0 Å². The van der Waals surface area contributed by atoms with E-state index in [0.29, 0.717) is 19.5 Å². The minimum absolute atomic E-state index is 0.0388. The lowest BCUT2D eigenvalue weighted by molar-refractivity contribution is -0.0470. The Morgan fingerprint density at radius 3 is 2.85 bits per heavy atom. The quantitative estimate of drug-likeness (QED) is 0.497. The predicted octanol–water partition coefficient (Wildman–Crippen LogP) is 1.05. The van der Waals surface area contributed by atoms with Gasteiger partial charge in [0.1, 0.15) is 0 Å². The molecule has 76 valence electrons. The fourth-order valence-electron chi connectivity index (χ4n) is 1.42. The van der Waals surface area contributed by atoms with Gasteiger partial charge in [-0.15, -0.1) is 0 Å². The van der Waals surface area contributed by atoms with Crippen LogP contribution in [0.2, 0.25) is 0 Å². The second-order valence-electron chi connectivity index (χ2n) is 3.21. The molecule has 13 heavy (non-hydrogen) atoms. The fraction of sp³-hybridized carbons (Fsp3) is 0.875. The minimum atomic E-state index is -2.61. The van der Waals surface area contributed by atoms with Gasteiger partial charge >= 0.3 is 0 Å². The van der Waals surface area contributed by atoms with Crippen LogP contribution in [0.3, 0.4) is 0 Å². The lowest BCUT2D eigenvalue weighted by Crippen LogP contribution is -2.48. The van der Waals surface area contributed by atoms with Gasteiger partial charge in [0, 0.05) is 19.5 Å². The van der Waals surface area contributed by atoms with Crippen LogP contribution in [0.25, 0.3) is 0 Å². The third kappa shape index (κ3) is 2.82. The van der Waals surface area contributed by atoms with E-state index in [1.807, 2.05) is 6.92 Å². The molecule has 5 heteroatoms. The molecular weight excluding hydrogens is 176 g/mol. The van der Waals surface area contributed by atoms with Gasteiger partial charge in [-0.25, -0.2) is 8.78 Å². The van der Waals surface area contributed by atoms with Crippen LogP contribution in [0.5, 0.6) is 0 Å². The summed E-state index contributed by atoms with van der Waals surface area (Å²) in [4.78, 5) is 5.35. The maximum atomic E-state index is 12.9. The highest BCUT2D eigenvalue weighted by molar-refractivity contribution is 5.78. The number of aliphatic imine (C=N–C) groups is 1. The zero-order chi connectivity index (χ0) is 9.90. The normalized spacial score (nSPS) is 23.3. The first-order valence-corrected chi connectivity index (χ1v) is 4.48. The second-order valence-corrected chi connectivity index (χ2v) is 3.21. The van der Waals surface area contributed by atoms with Crippen molar-refractivity contribution in [3.05, 3.63) is 0 Å². The fourth-order valence-corrected chi connectivity index (χ4v) is 1.42. The third-order valence-electron chi connectivity index (χ3n) is 2.04. The van der Waals surface area contributed by atoms with E-state index in [9.17, 15) is 8.78 Å². The molecule has 3 nitrogen and oxygen atoms in total. The van der Waals surface area contributed by atoms with Crippen molar-refractivity contribution >= 4 is 5.96 Å². The number of piperidine rings is 1. The highest BCUT2D eigenvalue weighted by Crippen LogP contribution is 2.26. The van der Waals surface area contributed by atoms with Crippen molar-refractivity contribution in [2.45, 2.75) is 25.7 Å². The van der Waals surface area contributed by atoms with Gasteiger partial charge in [-0.05, 0) is 13.3 Å². The van der Waals surface area contributed by atoms with Gasteiger partial charge in [0.25, 0.3) is 5.92 Å². The SMILES string of the molecule is CCN=C(N)N1CCCC(F)(F)C1. The molecule has 0 atom stereocenters. The monoisotopic (exact) mass is 191 g/mol. The first-order chi connectivity index (χ1) is 6.05. The molecule has 0 aromatic heterocycles. The van der Waals surface area contributed by atoms with E-state index in [4.69, 9.17) is 5.73 Å². The Bertz CT molecular complexity index is 204. The summed E-state index contributed by atoms with van der Waals surface area (Å²) in [5.74, 6) is -2.37. The Morgan fingerprint density at radius 1 is 1.62 bits per heavy atom. The van der Waals surface area contributed by atoms with Crippen molar-refractivity contribution in [3.63, 3.8) is 0 Å². The van der Waals surface area contributed by atoms with Crippen molar-refractivity contribution in [1.82, 2.24) is 4.90 Å². The summed E-state index contributed by atoms with van der Waals surface area (Å²) in [5.41, 5.74) is 5.52. The van der Waals surface area contributed by atoms with Gasteiger partial charge in [0.2, 0.25) is 0 Å². The van der Waals surface area contributed by atoms with Gasteiger partial charge in [-0.3, -0.25) is 4.99 Å². The number of likely N-dealkylation sites (tertiary alicyclic amines) is 1. The second kappa shape index (κ2) is 3.89. The molecule has 1 heterocycles. The average molecular weight is 191 g/mol. The summed E-state index contributed by atoms with van der Waals surface area (Å²) in [5, 5.41) is 0. The van der Waals surface area contributed by atoms with E-state index in [1.54, 1.807) is 0 Å². The van der Waals surface area contributed by atoms with E-state index < -0.39 is 5.92 Å². The summed E-state index contributed by atoms with van der Waals surface area (Å²) in [6.07, 6.45) is 0.440. The highest BCUT2D eigenvalue weighted by Gasteiger charge is 2.35. The number of guanidine groups is 1. The van der Waals surface area contributed by atoms with Crippen LogP contribution < -0.4 is 5.73 Å². The Hall–Kier alpha value is -0.870. The average Bonchev–Trinajstić information content (AvgIpc) is 2.03. The number of nitrogens with two attached hydrogens (primary N) is 1. The van der Waals surface area contributed by atoms with Gasteiger partial charge in [-0.2, -0.15) is 0 Å². The van der Waals surface area contributed by atoms with Crippen LogP contribution in [-0.4, -0.2) is 36.4 Å². The molecular formula is C8H15F2N3. The van der Waals surface area contributed by atoms with Crippen LogP contribution >= 0.6 is 0 Å². The van der Waals surface area contributed by atoms with Gasteiger partial charge in [-0.1, -0.05) is 0 Å². The number of halogens is 2. The molecule has 0 spiro atoms. The summed E-state index contributed by atoms with van der Waals surface area (Å²) in [7, 11) is 0. The van der Waals surface area contributed by atoms with Crippen LogP contribution in [0.4, 0.5) is 8.78 Å². The molecule has 1 saturated heterocycles. The molecule has 0 radical (unpaired) electrons. The molecule has 0 aliphatic carbocycles. The third-order valence-corrected chi connectivity index (χ3v) is 2.04. The molecule has 2 N–H and O–H groups in total. The minimum Gasteiger partial charge on any atom is -0.370 e. The zero-order valence-corrected chi connectivity index (χ0v) is 7.76. The Balaban J connectivity index is 2.56. The Kier molecular flexibility index (Phi) is 3.06. The molecule has 0 bridgehead atoms. The van der Waals surface area contributed by atoms with E-state index in [0.717, 1.165) is 0 Å². The Morgan fingerprint density at radius 2 is 2.31 bits per heavy atom. The molecule has 1 rings (SSSR count). The number of rotatable bonds is 1. The molecule has 1 aliphatic heterocycles. The topological polar surface area (TPSA) is 41.6 Å². The first kappa shape index (κ1) is 10.2. The number of nitrogens with zero attached hydrogens (tertiary/aromatic N) is 2.